The maximum absolute atomic E-state index is 12.2. The van der Waals surface area contributed by atoms with Crippen LogP contribution in [0.25, 0.3) is 0 Å². The van der Waals surface area contributed by atoms with Gasteiger partial charge in [0.1, 0.15) is 0 Å². The molecule has 0 aliphatic carbocycles. The van der Waals surface area contributed by atoms with Gasteiger partial charge >= 0.3 is 0 Å². The molecular formula is C17H24ClN3O. The van der Waals surface area contributed by atoms with E-state index in [0.717, 1.165) is 44.8 Å². The number of anilines is 1. The van der Waals surface area contributed by atoms with Crippen molar-refractivity contribution in [2.45, 2.75) is 13.3 Å². The number of carbonyl (C=O) groups excluding carboxylic acids is 1. The molecule has 0 bridgehead atoms. The first-order valence-corrected chi connectivity index (χ1v) is 8.12. The van der Waals surface area contributed by atoms with Gasteiger partial charge in [-0.15, -0.1) is 0 Å². The highest BCUT2D eigenvalue weighted by molar-refractivity contribution is 6.29. The van der Waals surface area contributed by atoms with Crippen molar-refractivity contribution < 1.29 is 4.79 Å². The van der Waals surface area contributed by atoms with E-state index in [4.69, 9.17) is 11.6 Å². The molecule has 1 heterocycles. The van der Waals surface area contributed by atoms with Gasteiger partial charge in [-0.1, -0.05) is 43.3 Å². The Morgan fingerprint density at radius 1 is 1.18 bits per heavy atom. The van der Waals surface area contributed by atoms with E-state index >= 15 is 0 Å². The third-order valence-corrected chi connectivity index (χ3v) is 4.02. The molecule has 1 fully saturated rings. The molecule has 2 rings (SSSR count). The van der Waals surface area contributed by atoms with Crippen molar-refractivity contribution >= 4 is 23.2 Å². The number of nitrogens with one attached hydrogen (secondary N) is 1. The predicted octanol–water partition coefficient (Wildman–Crippen LogP) is 2.56. The zero-order valence-corrected chi connectivity index (χ0v) is 13.9. The summed E-state index contributed by atoms with van der Waals surface area (Å²) in [4.78, 5) is 16.6. The molecule has 120 valence electrons. The number of benzene rings is 1. The highest BCUT2D eigenvalue weighted by Crippen LogP contribution is 2.15. The number of nitrogens with zero attached hydrogens (tertiary/aromatic N) is 2. The molecule has 22 heavy (non-hydrogen) atoms. The maximum atomic E-state index is 12.2. The summed E-state index contributed by atoms with van der Waals surface area (Å²) in [6, 6.07) is 7.96. The van der Waals surface area contributed by atoms with Crippen LogP contribution in [0.1, 0.15) is 12.5 Å². The first-order chi connectivity index (χ1) is 10.6. The van der Waals surface area contributed by atoms with Crippen LogP contribution in [-0.4, -0.2) is 55.0 Å². The molecule has 1 saturated heterocycles. The maximum Gasteiger partial charge on any atom is 0.238 e. The van der Waals surface area contributed by atoms with Crippen molar-refractivity contribution in [2.75, 3.05) is 44.6 Å². The van der Waals surface area contributed by atoms with Crippen LogP contribution in [0, 0.1) is 0 Å². The average Bonchev–Trinajstić information content (AvgIpc) is 2.49. The highest BCUT2D eigenvalue weighted by atomic mass is 35.5. The van der Waals surface area contributed by atoms with Gasteiger partial charge in [-0.25, -0.2) is 0 Å². The fourth-order valence-corrected chi connectivity index (χ4v) is 2.86. The molecule has 1 aliphatic heterocycles. The monoisotopic (exact) mass is 321 g/mol. The fourth-order valence-electron chi connectivity index (χ4n) is 2.69. The van der Waals surface area contributed by atoms with Gasteiger partial charge in [0.25, 0.3) is 0 Å². The first-order valence-electron chi connectivity index (χ1n) is 7.74. The summed E-state index contributed by atoms with van der Waals surface area (Å²) in [5, 5.41) is 3.69. The van der Waals surface area contributed by atoms with Gasteiger partial charge in [0.15, 0.2) is 0 Å². The second-order valence-corrected chi connectivity index (χ2v) is 6.16. The van der Waals surface area contributed by atoms with Crippen molar-refractivity contribution in [3.05, 3.63) is 41.4 Å². The van der Waals surface area contributed by atoms with Crippen molar-refractivity contribution in [2.24, 2.45) is 0 Å². The van der Waals surface area contributed by atoms with Crippen LogP contribution in [0.2, 0.25) is 0 Å². The summed E-state index contributed by atoms with van der Waals surface area (Å²) in [5.74, 6) is 0.0519. The number of carbonyl (C=O) groups is 1. The van der Waals surface area contributed by atoms with Crippen LogP contribution in [0.3, 0.4) is 0 Å². The average molecular weight is 322 g/mol. The molecule has 0 spiro atoms. The van der Waals surface area contributed by atoms with Crippen LogP contribution in [0.4, 0.5) is 5.69 Å². The van der Waals surface area contributed by atoms with Gasteiger partial charge in [-0.3, -0.25) is 14.6 Å². The minimum Gasteiger partial charge on any atom is -0.325 e. The summed E-state index contributed by atoms with van der Waals surface area (Å²) in [6.07, 6.45) is 0.914. The molecular weight excluding hydrogens is 298 g/mol. The van der Waals surface area contributed by atoms with E-state index in [1.807, 2.05) is 24.3 Å². The third kappa shape index (κ3) is 5.13. The Morgan fingerprint density at radius 2 is 1.77 bits per heavy atom. The number of para-hydroxylation sites is 1. The molecule has 4 nitrogen and oxygen atoms in total. The van der Waals surface area contributed by atoms with Gasteiger partial charge in [0.05, 0.1) is 6.54 Å². The van der Waals surface area contributed by atoms with E-state index in [1.54, 1.807) is 0 Å². The van der Waals surface area contributed by atoms with Crippen LogP contribution in [-0.2, 0) is 11.2 Å². The summed E-state index contributed by atoms with van der Waals surface area (Å²) < 4.78 is 0. The first kappa shape index (κ1) is 17.0. The van der Waals surface area contributed by atoms with Crippen molar-refractivity contribution in [1.29, 1.82) is 0 Å². The van der Waals surface area contributed by atoms with Gasteiger partial charge in [0.2, 0.25) is 5.91 Å². The van der Waals surface area contributed by atoms with E-state index in [2.05, 4.69) is 28.6 Å². The topological polar surface area (TPSA) is 35.6 Å². The second-order valence-electron chi connectivity index (χ2n) is 5.63. The standard InChI is InChI=1S/C17H24ClN3O/c1-3-15-6-4-5-7-16(15)19-17(22)13-21-10-8-20(9-11-21)12-14(2)18/h4-7H,2-3,8-13H2,1H3,(H,19,22). The number of aryl methyl sites for hydroxylation is 1. The van der Waals surface area contributed by atoms with Gasteiger partial charge in [0, 0.05) is 43.4 Å². The zero-order valence-electron chi connectivity index (χ0n) is 13.1. The molecule has 0 unspecified atom stereocenters. The van der Waals surface area contributed by atoms with E-state index < -0.39 is 0 Å². The minimum atomic E-state index is 0.0519. The molecule has 0 atom stereocenters. The Hall–Kier alpha value is -1.36. The lowest BCUT2D eigenvalue weighted by Gasteiger charge is -2.34. The molecule has 5 heteroatoms. The summed E-state index contributed by atoms with van der Waals surface area (Å²) in [7, 11) is 0. The quantitative estimate of drug-likeness (QED) is 0.874. The van der Waals surface area contributed by atoms with Gasteiger partial charge in [-0.05, 0) is 18.1 Å². The second kappa shape index (κ2) is 8.32. The lowest BCUT2D eigenvalue weighted by Crippen LogP contribution is -2.48. The lowest BCUT2D eigenvalue weighted by atomic mass is 10.1. The van der Waals surface area contributed by atoms with E-state index in [1.165, 1.54) is 5.56 Å². The van der Waals surface area contributed by atoms with Gasteiger partial charge < -0.3 is 5.32 Å². The Balaban J connectivity index is 1.80. The molecule has 1 aromatic carbocycles. The summed E-state index contributed by atoms with van der Waals surface area (Å²) in [6.45, 7) is 10.6. The van der Waals surface area contributed by atoms with Crippen LogP contribution >= 0.6 is 11.6 Å². The normalized spacial score (nSPS) is 16.5. The number of hydrogen-bond donors (Lipinski definition) is 1. The Kier molecular flexibility index (Phi) is 6.43. The lowest BCUT2D eigenvalue weighted by molar-refractivity contribution is -0.117. The van der Waals surface area contributed by atoms with E-state index in [-0.39, 0.29) is 5.91 Å². The third-order valence-electron chi connectivity index (χ3n) is 3.90. The van der Waals surface area contributed by atoms with Crippen LogP contribution in [0.5, 0.6) is 0 Å². The molecule has 1 N–H and O–H groups in total. The largest absolute Gasteiger partial charge is 0.325 e. The van der Waals surface area contributed by atoms with Crippen LogP contribution in [0.15, 0.2) is 35.9 Å². The number of hydrogen-bond acceptors (Lipinski definition) is 3. The van der Waals surface area contributed by atoms with Crippen molar-refractivity contribution in [3.63, 3.8) is 0 Å². The molecule has 1 amide bonds. The molecule has 1 aromatic rings. The number of piperazine rings is 1. The number of halogens is 1. The fraction of sp³-hybridized carbons (Fsp3) is 0.471. The molecule has 0 aromatic heterocycles. The van der Waals surface area contributed by atoms with E-state index in [0.29, 0.717) is 11.6 Å². The minimum absolute atomic E-state index is 0.0519. The molecule has 0 radical (unpaired) electrons. The van der Waals surface area contributed by atoms with Crippen LogP contribution < -0.4 is 5.32 Å². The zero-order chi connectivity index (χ0) is 15.9. The Labute approximate surface area is 137 Å². The predicted molar refractivity (Wildman–Crippen MR) is 92.3 cm³/mol. The molecule has 1 aliphatic rings. The highest BCUT2D eigenvalue weighted by Gasteiger charge is 2.19. The SMILES string of the molecule is C=C(Cl)CN1CCN(CC(=O)Nc2ccccc2CC)CC1. The Morgan fingerprint density at radius 3 is 2.36 bits per heavy atom. The Bertz CT molecular complexity index is 524. The van der Waals surface area contributed by atoms with Crippen molar-refractivity contribution in [1.82, 2.24) is 9.80 Å². The number of amides is 1. The van der Waals surface area contributed by atoms with E-state index in [9.17, 15) is 4.79 Å². The van der Waals surface area contributed by atoms with Gasteiger partial charge in [-0.2, -0.15) is 0 Å². The van der Waals surface area contributed by atoms with Crippen molar-refractivity contribution in [3.8, 4) is 0 Å². The molecule has 0 saturated carbocycles. The number of rotatable bonds is 6. The smallest absolute Gasteiger partial charge is 0.238 e. The summed E-state index contributed by atoms with van der Waals surface area (Å²) >= 11 is 5.84. The summed E-state index contributed by atoms with van der Waals surface area (Å²) in [5.41, 5.74) is 2.09.